The highest BCUT2D eigenvalue weighted by Crippen LogP contribution is 2.31. The van der Waals surface area contributed by atoms with Crippen LogP contribution in [0.25, 0.3) is 0 Å². The summed E-state index contributed by atoms with van der Waals surface area (Å²) in [6.07, 6.45) is 8.21. The molecular formula is C16H28N2O3. The van der Waals surface area contributed by atoms with Gasteiger partial charge >= 0.3 is 12.0 Å². The molecule has 2 aliphatic rings. The number of carbonyl (C=O) groups is 2. The lowest BCUT2D eigenvalue weighted by molar-refractivity contribution is -0.147. The van der Waals surface area contributed by atoms with Crippen LogP contribution in [0.4, 0.5) is 4.79 Å². The van der Waals surface area contributed by atoms with Crippen LogP contribution in [0.2, 0.25) is 0 Å². The fourth-order valence-electron chi connectivity index (χ4n) is 3.77. The summed E-state index contributed by atoms with van der Waals surface area (Å²) in [5.41, 5.74) is -1.04. The monoisotopic (exact) mass is 296 g/mol. The molecule has 0 bridgehead atoms. The summed E-state index contributed by atoms with van der Waals surface area (Å²) < 4.78 is 0. The first-order chi connectivity index (χ1) is 9.97. The fraction of sp³-hybridized carbons (Fsp3) is 0.875. The number of likely N-dealkylation sites (tertiary alicyclic amines) is 1. The molecule has 1 aliphatic carbocycles. The van der Waals surface area contributed by atoms with Gasteiger partial charge in [-0.15, -0.1) is 0 Å². The molecule has 0 aromatic heterocycles. The minimum atomic E-state index is -1.04. The number of hydrogen-bond donors (Lipinski definition) is 2. The van der Waals surface area contributed by atoms with Crippen LogP contribution in [-0.2, 0) is 4.79 Å². The molecule has 2 N–H and O–H groups in total. The minimum absolute atomic E-state index is 0.198. The van der Waals surface area contributed by atoms with Gasteiger partial charge in [-0.1, -0.05) is 19.8 Å². The normalized spacial score (nSPS) is 33.0. The lowest BCUT2D eigenvalue weighted by atomic mass is 9.83. The Morgan fingerprint density at radius 1 is 1.29 bits per heavy atom. The molecule has 0 aromatic rings. The maximum Gasteiger partial charge on any atom is 0.329 e. The van der Waals surface area contributed by atoms with Crippen molar-refractivity contribution in [3.63, 3.8) is 0 Å². The van der Waals surface area contributed by atoms with Crippen molar-refractivity contribution in [2.75, 3.05) is 6.54 Å². The number of amides is 2. The highest BCUT2D eigenvalue weighted by atomic mass is 16.4. The van der Waals surface area contributed by atoms with E-state index in [0.29, 0.717) is 13.0 Å². The molecule has 5 heteroatoms. The van der Waals surface area contributed by atoms with E-state index < -0.39 is 11.5 Å². The second kappa shape index (κ2) is 6.67. The molecule has 0 aromatic carbocycles. The van der Waals surface area contributed by atoms with E-state index >= 15 is 0 Å². The Balaban J connectivity index is 1.86. The minimum Gasteiger partial charge on any atom is -0.480 e. The van der Waals surface area contributed by atoms with E-state index in [0.717, 1.165) is 25.2 Å². The van der Waals surface area contributed by atoms with Gasteiger partial charge in [0.1, 0.15) is 5.54 Å². The molecule has 0 spiro atoms. The molecular weight excluding hydrogens is 268 g/mol. The summed E-state index contributed by atoms with van der Waals surface area (Å²) in [6, 6.07) is 0.0144. The molecule has 21 heavy (non-hydrogen) atoms. The van der Waals surface area contributed by atoms with Crippen molar-refractivity contribution >= 4 is 12.0 Å². The van der Waals surface area contributed by atoms with Crippen LogP contribution in [0.5, 0.6) is 0 Å². The Labute approximate surface area is 127 Å². The number of nitrogens with zero attached hydrogens (tertiary/aromatic N) is 1. The van der Waals surface area contributed by atoms with Crippen LogP contribution in [0, 0.1) is 5.92 Å². The van der Waals surface area contributed by atoms with E-state index in [1.807, 2.05) is 0 Å². The first-order valence-electron chi connectivity index (χ1n) is 8.29. The van der Waals surface area contributed by atoms with Gasteiger partial charge in [-0.3, -0.25) is 0 Å². The molecule has 5 nitrogen and oxygen atoms in total. The highest BCUT2D eigenvalue weighted by molar-refractivity contribution is 5.86. The summed E-state index contributed by atoms with van der Waals surface area (Å²) in [5.74, 6) is -0.0963. The zero-order chi connectivity index (χ0) is 15.5. The summed E-state index contributed by atoms with van der Waals surface area (Å²) in [6.45, 7) is 4.41. The first kappa shape index (κ1) is 16.1. The van der Waals surface area contributed by atoms with Crippen molar-refractivity contribution in [2.45, 2.75) is 76.8 Å². The number of aliphatic carboxylic acids is 1. The van der Waals surface area contributed by atoms with Crippen molar-refractivity contribution < 1.29 is 14.7 Å². The number of rotatable bonds is 4. The summed E-state index contributed by atoms with van der Waals surface area (Å²) >= 11 is 0. The molecule has 1 saturated carbocycles. The molecule has 1 heterocycles. The van der Waals surface area contributed by atoms with E-state index in [1.54, 1.807) is 6.92 Å². The Hall–Kier alpha value is -1.26. The van der Waals surface area contributed by atoms with Crippen LogP contribution >= 0.6 is 0 Å². The molecule has 1 aliphatic heterocycles. The van der Waals surface area contributed by atoms with Crippen LogP contribution in [0.1, 0.15) is 65.2 Å². The Bertz CT molecular complexity index is 391. The number of carboxylic acids is 1. The third-order valence-electron chi connectivity index (χ3n) is 5.22. The van der Waals surface area contributed by atoms with Gasteiger partial charge in [-0.25, -0.2) is 9.59 Å². The smallest absolute Gasteiger partial charge is 0.329 e. The predicted octanol–water partition coefficient (Wildman–Crippen LogP) is 2.99. The van der Waals surface area contributed by atoms with Gasteiger partial charge in [0, 0.05) is 12.6 Å². The number of carboxylic acid groups (broad SMARTS) is 1. The topological polar surface area (TPSA) is 69.6 Å². The second-order valence-electron chi connectivity index (χ2n) is 6.79. The van der Waals surface area contributed by atoms with Crippen molar-refractivity contribution in [1.82, 2.24) is 10.2 Å². The van der Waals surface area contributed by atoms with Gasteiger partial charge in [0.05, 0.1) is 0 Å². The van der Waals surface area contributed by atoms with Crippen molar-refractivity contribution in [2.24, 2.45) is 5.92 Å². The Kier molecular flexibility index (Phi) is 5.12. The molecule has 2 fully saturated rings. The summed E-state index contributed by atoms with van der Waals surface area (Å²) in [7, 11) is 0. The van der Waals surface area contributed by atoms with Gasteiger partial charge in [0.15, 0.2) is 0 Å². The van der Waals surface area contributed by atoms with Gasteiger partial charge in [-0.05, 0) is 51.4 Å². The summed E-state index contributed by atoms with van der Waals surface area (Å²) in [5, 5.41) is 12.4. The standard InChI is InChI=1S/C16H28N2O3/c1-3-5-12-6-8-13(9-7-12)17-15(21)18-11-4-10-16(18,2)14(19)20/h12-13H,3-11H2,1-2H3,(H,17,21)(H,19,20). The molecule has 2 amide bonds. The van der Waals surface area contributed by atoms with Gasteiger partial charge < -0.3 is 15.3 Å². The summed E-state index contributed by atoms with van der Waals surface area (Å²) in [4.78, 5) is 25.3. The second-order valence-corrected chi connectivity index (χ2v) is 6.79. The van der Waals surface area contributed by atoms with Gasteiger partial charge in [0.2, 0.25) is 0 Å². The first-order valence-corrected chi connectivity index (χ1v) is 8.29. The predicted molar refractivity (Wildman–Crippen MR) is 81.2 cm³/mol. The average molecular weight is 296 g/mol. The molecule has 2 rings (SSSR count). The average Bonchev–Trinajstić information content (AvgIpc) is 2.85. The zero-order valence-corrected chi connectivity index (χ0v) is 13.2. The van der Waals surface area contributed by atoms with Crippen molar-refractivity contribution in [1.29, 1.82) is 0 Å². The van der Waals surface area contributed by atoms with Crippen LogP contribution in [-0.4, -0.2) is 40.1 Å². The quantitative estimate of drug-likeness (QED) is 0.838. The third-order valence-corrected chi connectivity index (χ3v) is 5.22. The largest absolute Gasteiger partial charge is 0.480 e. The van der Waals surface area contributed by atoms with Crippen molar-refractivity contribution in [3.8, 4) is 0 Å². The Morgan fingerprint density at radius 3 is 2.52 bits per heavy atom. The number of hydrogen-bond acceptors (Lipinski definition) is 2. The molecule has 1 atom stereocenters. The van der Waals surface area contributed by atoms with E-state index in [2.05, 4.69) is 12.2 Å². The SMILES string of the molecule is CCCC1CCC(NC(=O)N2CCCC2(C)C(=O)O)CC1. The van der Waals surface area contributed by atoms with E-state index in [9.17, 15) is 14.7 Å². The van der Waals surface area contributed by atoms with E-state index in [1.165, 1.54) is 30.6 Å². The third kappa shape index (κ3) is 3.50. The molecule has 1 saturated heterocycles. The van der Waals surface area contributed by atoms with Crippen molar-refractivity contribution in [3.05, 3.63) is 0 Å². The van der Waals surface area contributed by atoms with Gasteiger partial charge in [-0.2, -0.15) is 0 Å². The van der Waals surface area contributed by atoms with Gasteiger partial charge in [0.25, 0.3) is 0 Å². The highest BCUT2D eigenvalue weighted by Gasteiger charge is 2.46. The van der Waals surface area contributed by atoms with Crippen LogP contribution in [0.15, 0.2) is 0 Å². The number of nitrogens with one attached hydrogen (secondary N) is 1. The van der Waals surface area contributed by atoms with E-state index in [-0.39, 0.29) is 12.1 Å². The molecule has 1 unspecified atom stereocenters. The number of carbonyl (C=O) groups excluding carboxylic acids is 1. The molecule has 0 radical (unpaired) electrons. The van der Waals surface area contributed by atoms with E-state index in [4.69, 9.17) is 0 Å². The maximum absolute atomic E-state index is 12.4. The van der Waals surface area contributed by atoms with Crippen LogP contribution in [0.3, 0.4) is 0 Å². The van der Waals surface area contributed by atoms with Crippen LogP contribution < -0.4 is 5.32 Å². The zero-order valence-electron chi connectivity index (χ0n) is 13.2. The molecule has 120 valence electrons. The lowest BCUT2D eigenvalue weighted by Crippen LogP contribution is -2.56. The lowest BCUT2D eigenvalue weighted by Gasteiger charge is -2.34. The maximum atomic E-state index is 12.4. The number of urea groups is 1. The fourth-order valence-corrected chi connectivity index (χ4v) is 3.77. The Morgan fingerprint density at radius 2 is 1.95 bits per heavy atom.